The zero-order chi connectivity index (χ0) is 26.2. The number of ether oxygens (including phenoxy) is 1. The Kier molecular flexibility index (Phi) is 9.73. The Morgan fingerprint density at radius 1 is 0.972 bits per heavy atom. The lowest BCUT2D eigenvalue weighted by atomic mass is 10.0. The molecule has 0 amide bonds. The lowest BCUT2D eigenvalue weighted by molar-refractivity contribution is -0.137. The SMILES string of the molecule is CC(C)[C@@H](COc1ccc(-c2cc(Cl)cc(Cl)c2)c(F)c1)Nc1ccc(C(=O)CCCC(=O)O)cc1. The van der Waals surface area contributed by atoms with Crippen molar-refractivity contribution >= 4 is 40.6 Å². The van der Waals surface area contributed by atoms with Crippen LogP contribution < -0.4 is 10.1 Å². The van der Waals surface area contributed by atoms with Crippen LogP contribution in [0.5, 0.6) is 5.75 Å². The minimum atomic E-state index is -0.908. The van der Waals surface area contributed by atoms with Crippen LogP contribution in [0.3, 0.4) is 0 Å². The molecule has 0 unspecified atom stereocenters. The van der Waals surface area contributed by atoms with Crippen molar-refractivity contribution in [3.63, 3.8) is 0 Å². The van der Waals surface area contributed by atoms with Crippen LogP contribution in [0.25, 0.3) is 11.1 Å². The van der Waals surface area contributed by atoms with Crippen molar-refractivity contribution in [2.75, 3.05) is 11.9 Å². The van der Waals surface area contributed by atoms with E-state index in [0.717, 1.165) is 5.69 Å². The van der Waals surface area contributed by atoms with Crippen molar-refractivity contribution in [2.45, 2.75) is 39.2 Å². The number of carboxylic acids is 1. The highest BCUT2D eigenvalue weighted by atomic mass is 35.5. The Bertz CT molecular complexity index is 1190. The molecule has 0 aliphatic rings. The molecule has 5 nitrogen and oxygen atoms in total. The summed E-state index contributed by atoms with van der Waals surface area (Å²) in [5.74, 6) is -0.825. The van der Waals surface area contributed by atoms with E-state index >= 15 is 0 Å². The smallest absolute Gasteiger partial charge is 0.303 e. The summed E-state index contributed by atoms with van der Waals surface area (Å²) in [7, 11) is 0. The topological polar surface area (TPSA) is 75.6 Å². The summed E-state index contributed by atoms with van der Waals surface area (Å²) < 4.78 is 20.7. The van der Waals surface area contributed by atoms with Gasteiger partial charge in [-0.25, -0.2) is 4.39 Å². The maximum atomic E-state index is 14.8. The molecular formula is C28H28Cl2FNO4. The number of ketones is 1. The summed E-state index contributed by atoms with van der Waals surface area (Å²) in [5.41, 5.74) is 2.32. The number of halogens is 3. The second kappa shape index (κ2) is 12.7. The minimum Gasteiger partial charge on any atom is -0.491 e. The van der Waals surface area contributed by atoms with E-state index in [9.17, 15) is 14.0 Å². The molecule has 1 atom stereocenters. The van der Waals surface area contributed by atoms with Crippen molar-refractivity contribution in [2.24, 2.45) is 5.92 Å². The number of nitrogens with one attached hydrogen (secondary N) is 1. The van der Waals surface area contributed by atoms with E-state index in [1.807, 2.05) is 26.0 Å². The molecule has 0 bridgehead atoms. The first-order valence-corrected chi connectivity index (χ1v) is 12.4. The van der Waals surface area contributed by atoms with Gasteiger partial charge < -0.3 is 15.2 Å². The Morgan fingerprint density at radius 3 is 2.22 bits per heavy atom. The number of carboxylic acid groups (broad SMARTS) is 1. The first kappa shape index (κ1) is 27.5. The van der Waals surface area contributed by atoms with Crippen LogP contribution in [0.1, 0.15) is 43.5 Å². The first-order valence-electron chi connectivity index (χ1n) is 11.6. The van der Waals surface area contributed by atoms with Crippen molar-refractivity contribution in [1.82, 2.24) is 0 Å². The fraction of sp³-hybridized carbons (Fsp3) is 0.286. The van der Waals surface area contributed by atoms with Gasteiger partial charge in [0.25, 0.3) is 0 Å². The standard InChI is InChI=1S/C28H28Cl2FNO4/c1-17(2)26(32-22-8-6-18(7-9-22)27(33)4-3-5-28(34)35)16-36-23-10-11-24(25(31)15-23)19-12-20(29)14-21(30)13-19/h6-15,17,26,32H,3-5,16H2,1-2H3,(H,34,35)/t26-/m1/s1. The summed E-state index contributed by atoms with van der Waals surface area (Å²) in [5, 5.41) is 13.0. The Hall–Kier alpha value is -3.09. The van der Waals surface area contributed by atoms with Gasteiger partial charge >= 0.3 is 5.97 Å². The van der Waals surface area contributed by atoms with Gasteiger partial charge in [0, 0.05) is 45.8 Å². The Balaban J connectivity index is 1.61. The van der Waals surface area contributed by atoms with E-state index in [-0.39, 0.29) is 30.6 Å². The second-order valence-corrected chi connectivity index (χ2v) is 9.73. The molecule has 0 radical (unpaired) electrons. The van der Waals surface area contributed by atoms with Crippen LogP contribution >= 0.6 is 23.2 Å². The van der Waals surface area contributed by atoms with Gasteiger partial charge in [0.15, 0.2) is 5.78 Å². The van der Waals surface area contributed by atoms with Crippen molar-refractivity contribution in [3.05, 3.63) is 82.1 Å². The van der Waals surface area contributed by atoms with Gasteiger partial charge in [-0.15, -0.1) is 0 Å². The van der Waals surface area contributed by atoms with E-state index in [1.165, 1.54) is 6.07 Å². The molecule has 0 aromatic heterocycles. The molecule has 3 aromatic carbocycles. The molecule has 36 heavy (non-hydrogen) atoms. The summed E-state index contributed by atoms with van der Waals surface area (Å²) in [6, 6.07) is 16.6. The monoisotopic (exact) mass is 531 g/mol. The highest BCUT2D eigenvalue weighted by Gasteiger charge is 2.16. The first-order chi connectivity index (χ1) is 17.1. The third kappa shape index (κ3) is 7.97. The van der Waals surface area contributed by atoms with E-state index in [4.69, 9.17) is 33.0 Å². The maximum Gasteiger partial charge on any atom is 0.303 e. The van der Waals surface area contributed by atoms with Crippen LogP contribution in [0, 0.1) is 11.7 Å². The van der Waals surface area contributed by atoms with Crippen molar-refractivity contribution in [3.8, 4) is 16.9 Å². The van der Waals surface area contributed by atoms with Crippen LogP contribution in [-0.4, -0.2) is 29.5 Å². The summed E-state index contributed by atoms with van der Waals surface area (Å²) >= 11 is 12.1. The van der Waals surface area contributed by atoms with Gasteiger partial charge in [0.2, 0.25) is 0 Å². The fourth-order valence-corrected chi connectivity index (χ4v) is 4.15. The number of anilines is 1. The van der Waals surface area contributed by atoms with Gasteiger partial charge in [-0.05, 0) is 72.5 Å². The number of carbonyl (C=O) groups excluding carboxylic acids is 1. The molecule has 0 fully saturated rings. The number of hydrogen-bond donors (Lipinski definition) is 2. The van der Waals surface area contributed by atoms with E-state index in [0.29, 0.717) is 45.5 Å². The normalized spacial score (nSPS) is 11.8. The van der Waals surface area contributed by atoms with Gasteiger partial charge in [0.1, 0.15) is 18.2 Å². The lowest BCUT2D eigenvalue weighted by Crippen LogP contribution is -2.32. The summed E-state index contributed by atoms with van der Waals surface area (Å²) in [4.78, 5) is 22.8. The highest BCUT2D eigenvalue weighted by Crippen LogP contribution is 2.31. The zero-order valence-electron chi connectivity index (χ0n) is 20.1. The number of Topliss-reactive ketones (excluding diaryl/α,β-unsaturated/α-hetero) is 1. The quantitative estimate of drug-likeness (QED) is 0.233. The molecule has 0 aliphatic carbocycles. The Labute approximate surface area is 220 Å². The van der Waals surface area contributed by atoms with Gasteiger partial charge in [0.05, 0.1) is 6.04 Å². The predicted molar refractivity (Wildman–Crippen MR) is 142 cm³/mol. The predicted octanol–water partition coefficient (Wildman–Crippen LogP) is 7.75. The molecule has 0 spiro atoms. The highest BCUT2D eigenvalue weighted by molar-refractivity contribution is 6.35. The summed E-state index contributed by atoms with van der Waals surface area (Å²) in [6.45, 7) is 4.40. The number of hydrogen-bond acceptors (Lipinski definition) is 4. The fourth-order valence-electron chi connectivity index (χ4n) is 3.63. The average molecular weight is 532 g/mol. The molecular weight excluding hydrogens is 504 g/mol. The number of aliphatic carboxylic acids is 1. The third-order valence-corrected chi connectivity index (χ3v) is 6.14. The Morgan fingerprint density at radius 2 is 1.64 bits per heavy atom. The molecule has 8 heteroatoms. The van der Waals surface area contributed by atoms with Crippen molar-refractivity contribution < 1.29 is 23.8 Å². The van der Waals surface area contributed by atoms with E-state index < -0.39 is 11.8 Å². The van der Waals surface area contributed by atoms with Crippen LogP contribution in [0.15, 0.2) is 60.7 Å². The third-order valence-electron chi connectivity index (χ3n) is 5.70. The molecule has 0 heterocycles. The number of rotatable bonds is 12. The zero-order valence-corrected chi connectivity index (χ0v) is 21.6. The minimum absolute atomic E-state index is 0.0248. The molecule has 0 saturated heterocycles. The maximum absolute atomic E-state index is 14.8. The second-order valence-electron chi connectivity index (χ2n) is 8.85. The molecule has 3 aromatic rings. The molecule has 0 saturated carbocycles. The molecule has 0 aliphatic heterocycles. The number of carbonyl (C=O) groups is 2. The number of benzene rings is 3. The average Bonchev–Trinajstić information content (AvgIpc) is 2.81. The van der Waals surface area contributed by atoms with Crippen LogP contribution in [-0.2, 0) is 4.79 Å². The van der Waals surface area contributed by atoms with E-state index in [1.54, 1.807) is 42.5 Å². The van der Waals surface area contributed by atoms with Crippen LogP contribution in [0.2, 0.25) is 10.0 Å². The van der Waals surface area contributed by atoms with Gasteiger partial charge in [-0.3, -0.25) is 9.59 Å². The molecule has 2 N–H and O–H groups in total. The van der Waals surface area contributed by atoms with Gasteiger partial charge in [-0.2, -0.15) is 0 Å². The van der Waals surface area contributed by atoms with Crippen molar-refractivity contribution in [1.29, 1.82) is 0 Å². The van der Waals surface area contributed by atoms with Crippen LogP contribution in [0.4, 0.5) is 10.1 Å². The van der Waals surface area contributed by atoms with Gasteiger partial charge in [-0.1, -0.05) is 37.0 Å². The lowest BCUT2D eigenvalue weighted by Gasteiger charge is -2.24. The molecule has 3 rings (SSSR count). The van der Waals surface area contributed by atoms with E-state index in [2.05, 4.69) is 5.32 Å². The largest absolute Gasteiger partial charge is 0.491 e. The molecule has 190 valence electrons. The summed E-state index contributed by atoms with van der Waals surface area (Å²) in [6.07, 6.45) is 0.486.